The van der Waals surface area contributed by atoms with E-state index in [0.717, 1.165) is 22.9 Å². The van der Waals surface area contributed by atoms with Crippen molar-refractivity contribution in [1.29, 1.82) is 0 Å². The molecule has 1 aliphatic rings. The van der Waals surface area contributed by atoms with Gasteiger partial charge in [0.15, 0.2) is 11.3 Å². The van der Waals surface area contributed by atoms with Crippen LogP contribution in [0.15, 0.2) is 50.6 Å². The van der Waals surface area contributed by atoms with Crippen LogP contribution in [0.2, 0.25) is 0 Å². The van der Waals surface area contributed by atoms with Crippen molar-refractivity contribution in [3.8, 4) is 5.88 Å². The molecule has 0 unspecified atom stereocenters. The molecule has 3 aromatic rings. The predicted octanol–water partition coefficient (Wildman–Crippen LogP) is -0.573. The summed E-state index contributed by atoms with van der Waals surface area (Å²) >= 11 is 0. The molecule has 1 aromatic carbocycles. The smallest absolute Gasteiger partial charge is 0.859 e. The van der Waals surface area contributed by atoms with Gasteiger partial charge in [-0.1, -0.05) is 20.8 Å². The second-order valence-corrected chi connectivity index (χ2v) is 13.1. The van der Waals surface area contributed by atoms with E-state index in [4.69, 9.17) is 0 Å². The third-order valence-electron chi connectivity index (χ3n) is 5.51. The van der Waals surface area contributed by atoms with Gasteiger partial charge in [-0.3, -0.25) is 9.52 Å². The number of anilines is 2. The molecule has 0 spiro atoms. The van der Waals surface area contributed by atoms with Gasteiger partial charge in [0.1, 0.15) is 10.7 Å². The Balaban J connectivity index is 0.00000380. The minimum absolute atomic E-state index is 0. The standard InChI is InChI=1S/C23H25FN4O6S2.Na/c1-23(2,3)8-7-13-9-14(24)12-28-17(13)11-18(29)20(22(28)30)21-25-16-6-5-15(26-35(4,31)32)10-19(16)36(33,34)27-21;/h5-6,9-12,26,30H,7-8H2,1-4H3,(H,25,27);/q;+1/p-1. The molecule has 2 N–H and O–H groups in total. The van der Waals surface area contributed by atoms with E-state index in [1.807, 2.05) is 20.8 Å². The summed E-state index contributed by atoms with van der Waals surface area (Å²) in [5.74, 6) is -2.11. The predicted molar refractivity (Wildman–Crippen MR) is 133 cm³/mol. The molecule has 10 nitrogen and oxygen atoms in total. The monoisotopic (exact) mass is 558 g/mol. The number of nitrogens with zero attached hydrogens (tertiary/aromatic N) is 2. The average Bonchev–Trinajstić information content (AvgIpc) is 2.71. The Morgan fingerprint density at radius 1 is 1.19 bits per heavy atom. The Morgan fingerprint density at radius 3 is 2.49 bits per heavy atom. The van der Waals surface area contributed by atoms with Crippen LogP contribution >= 0.6 is 0 Å². The topological polar surface area (TPSA) is 149 Å². The second-order valence-electron chi connectivity index (χ2n) is 9.81. The number of nitrogens with one attached hydrogen (secondary N) is 2. The van der Waals surface area contributed by atoms with Crippen molar-refractivity contribution in [2.75, 3.05) is 16.3 Å². The Kier molecular flexibility index (Phi) is 7.89. The SMILES string of the molecule is CC(C)(C)CCc1cc(F)cn2c([O-])c(C3=NS(=O)(=O)c4cc(NS(C)(=O)=O)ccc4N3)c(=O)cc12.[Na+]. The van der Waals surface area contributed by atoms with Crippen molar-refractivity contribution in [1.82, 2.24) is 4.40 Å². The van der Waals surface area contributed by atoms with Crippen molar-refractivity contribution in [3.63, 3.8) is 0 Å². The number of hydrogen-bond donors (Lipinski definition) is 2. The average molecular weight is 559 g/mol. The first-order valence-electron chi connectivity index (χ1n) is 10.8. The molecule has 14 heteroatoms. The number of aryl methyl sites for hydroxylation is 1. The summed E-state index contributed by atoms with van der Waals surface area (Å²) in [6, 6.07) is 6.11. The van der Waals surface area contributed by atoms with Crippen LogP contribution in [-0.2, 0) is 26.5 Å². The molecule has 37 heavy (non-hydrogen) atoms. The van der Waals surface area contributed by atoms with Gasteiger partial charge in [-0.25, -0.2) is 12.8 Å². The van der Waals surface area contributed by atoms with E-state index in [1.54, 1.807) is 0 Å². The molecule has 0 fully saturated rings. The van der Waals surface area contributed by atoms with Gasteiger partial charge >= 0.3 is 29.6 Å². The van der Waals surface area contributed by atoms with Crippen molar-refractivity contribution >= 4 is 42.8 Å². The third-order valence-corrected chi connectivity index (χ3v) is 7.43. The maximum absolute atomic E-state index is 14.4. The molecular weight excluding hydrogens is 534 g/mol. The zero-order chi connectivity index (χ0) is 26.6. The summed E-state index contributed by atoms with van der Waals surface area (Å²) in [5, 5.41) is 16.0. The van der Waals surface area contributed by atoms with Gasteiger partial charge in [-0.05, 0) is 54.0 Å². The molecule has 0 bridgehead atoms. The summed E-state index contributed by atoms with van der Waals surface area (Å²) in [4.78, 5) is 12.7. The maximum Gasteiger partial charge on any atom is 1.00 e. The van der Waals surface area contributed by atoms with Crippen molar-refractivity contribution in [3.05, 3.63) is 63.7 Å². The number of amidine groups is 1. The Bertz CT molecular complexity index is 1710. The fourth-order valence-electron chi connectivity index (χ4n) is 3.85. The fourth-order valence-corrected chi connectivity index (χ4v) is 5.55. The molecule has 0 saturated carbocycles. The molecule has 0 radical (unpaired) electrons. The minimum atomic E-state index is -4.42. The summed E-state index contributed by atoms with van der Waals surface area (Å²) in [7, 11) is -8.08. The van der Waals surface area contributed by atoms with E-state index in [2.05, 4.69) is 14.4 Å². The fraction of sp³-hybridized carbons (Fsp3) is 0.304. The van der Waals surface area contributed by atoms with Crippen molar-refractivity contribution in [2.24, 2.45) is 9.81 Å². The van der Waals surface area contributed by atoms with Crippen LogP contribution in [-0.4, -0.2) is 33.3 Å². The van der Waals surface area contributed by atoms with Gasteiger partial charge in [-0.15, -0.1) is 4.40 Å². The van der Waals surface area contributed by atoms with E-state index >= 15 is 0 Å². The maximum atomic E-state index is 14.4. The van der Waals surface area contributed by atoms with Gasteiger partial charge < -0.3 is 14.8 Å². The van der Waals surface area contributed by atoms with Gasteiger partial charge in [-0.2, -0.15) is 8.42 Å². The van der Waals surface area contributed by atoms with Crippen LogP contribution in [0.3, 0.4) is 0 Å². The number of halogens is 1. The van der Waals surface area contributed by atoms with E-state index in [9.17, 15) is 31.1 Å². The molecule has 192 valence electrons. The summed E-state index contributed by atoms with van der Waals surface area (Å²) < 4.78 is 69.9. The molecule has 0 atom stereocenters. The molecule has 0 aliphatic carbocycles. The number of aromatic nitrogens is 1. The second kappa shape index (κ2) is 10.0. The van der Waals surface area contributed by atoms with E-state index in [0.29, 0.717) is 18.4 Å². The van der Waals surface area contributed by atoms with Gasteiger partial charge in [0.25, 0.3) is 10.0 Å². The van der Waals surface area contributed by atoms with E-state index in [1.165, 1.54) is 24.3 Å². The van der Waals surface area contributed by atoms with E-state index < -0.39 is 48.6 Å². The zero-order valence-electron chi connectivity index (χ0n) is 20.9. The number of fused-ring (bicyclic) bond motifs is 2. The quantitative estimate of drug-likeness (QED) is 0.398. The number of sulfonamides is 2. The first-order valence-corrected chi connectivity index (χ1v) is 14.2. The summed E-state index contributed by atoms with van der Waals surface area (Å²) in [6.45, 7) is 6.05. The minimum Gasteiger partial charge on any atom is -0.859 e. The summed E-state index contributed by atoms with van der Waals surface area (Å²) in [5.41, 5.74) is -0.704. The van der Waals surface area contributed by atoms with Crippen LogP contribution < -0.4 is 50.1 Å². The first kappa shape index (κ1) is 29.1. The van der Waals surface area contributed by atoms with E-state index in [-0.39, 0.29) is 56.8 Å². The normalized spacial score (nSPS) is 14.8. The first-order chi connectivity index (χ1) is 16.5. The van der Waals surface area contributed by atoms with Crippen molar-refractivity contribution in [2.45, 2.75) is 38.5 Å². The van der Waals surface area contributed by atoms with Crippen LogP contribution in [0.4, 0.5) is 15.8 Å². The molecule has 0 amide bonds. The molecule has 0 saturated heterocycles. The third kappa shape index (κ3) is 6.34. The molecular formula is C23H24FN4NaO6S2. The van der Waals surface area contributed by atoms with Gasteiger partial charge in [0.2, 0.25) is 10.0 Å². The van der Waals surface area contributed by atoms with Crippen LogP contribution in [0.1, 0.15) is 38.3 Å². The molecule has 4 rings (SSSR count). The van der Waals surface area contributed by atoms with Crippen LogP contribution in [0.25, 0.3) is 5.52 Å². The van der Waals surface area contributed by atoms with Gasteiger partial charge in [0, 0.05) is 18.0 Å². The Labute approximate surface area is 236 Å². The molecule has 1 aliphatic heterocycles. The number of hydrogen-bond acceptors (Lipinski definition) is 7. The van der Waals surface area contributed by atoms with Crippen LogP contribution in [0.5, 0.6) is 5.88 Å². The Hall–Kier alpha value is -2.45. The summed E-state index contributed by atoms with van der Waals surface area (Å²) in [6.07, 6.45) is 2.95. The van der Waals surface area contributed by atoms with Crippen LogP contribution in [0, 0.1) is 11.2 Å². The Morgan fingerprint density at radius 2 is 1.86 bits per heavy atom. The zero-order valence-corrected chi connectivity index (χ0v) is 24.5. The number of rotatable bonds is 5. The number of benzene rings is 1. The molecule has 2 aromatic heterocycles. The number of pyridine rings is 2. The molecule has 3 heterocycles. The largest absolute Gasteiger partial charge is 1.00 e. The van der Waals surface area contributed by atoms with Gasteiger partial charge in [0.05, 0.1) is 23.0 Å². The van der Waals surface area contributed by atoms with Crippen molar-refractivity contribution < 1.29 is 55.9 Å².